The number of piperidine rings is 1. The van der Waals surface area contributed by atoms with Crippen molar-refractivity contribution in [3.05, 3.63) is 0 Å². The molecule has 2 N–H and O–H groups in total. The molecule has 0 aromatic heterocycles. The molecule has 0 spiro atoms. The SMILES string of the molecule is CN=C(NC)NCC1CCN(CCC(C)C)CC1.I. The van der Waals surface area contributed by atoms with Crippen LogP contribution in [0, 0.1) is 11.8 Å². The van der Waals surface area contributed by atoms with Crippen molar-refractivity contribution in [1.29, 1.82) is 0 Å². The number of hydrogen-bond donors (Lipinski definition) is 2. The summed E-state index contributed by atoms with van der Waals surface area (Å²) in [7, 11) is 3.72. The monoisotopic (exact) mass is 382 g/mol. The summed E-state index contributed by atoms with van der Waals surface area (Å²) in [6, 6.07) is 0. The van der Waals surface area contributed by atoms with E-state index >= 15 is 0 Å². The first-order valence-electron chi connectivity index (χ1n) is 7.26. The number of halogens is 1. The van der Waals surface area contributed by atoms with Crippen molar-refractivity contribution in [3.8, 4) is 0 Å². The molecule has 0 bridgehead atoms. The Labute approximate surface area is 135 Å². The number of nitrogens with zero attached hydrogens (tertiary/aromatic N) is 2. The van der Waals surface area contributed by atoms with Crippen LogP contribution >= 0.6 is 24.0 Å². The molecule has 1 saturated heterocycles. The third-order valence-electron chi connectivity index (χ3n) is 3.75. The average Bonchev–Trinajstić information content (AvgIpc) is 2.39. The van der Waals surface area contributed by atoms with E-state index in [9.17, 15) is 0 Å². The Bertz CT molecular complexity index is 248. The number of guanidine groups is 1. The normalized spacial score (nSPS) is 18.3. The van der Waals surface area contributed by atoms with Gasteiger partial charge in [-0.05, 0) is 50.7 Å². The second-order valence-corrected chi connectivity index (χ2v) is 5.67. The highest BCUT2D eigenvalue weighted by Crippen LogP contribution is 2.17. The Kier molecular flexibility index (Phi) is 10.7. The molecule has 0 aromatic carbocycles. The molecule has 0 aliphatic carbocycles. The zero-order chi connectivity index (χ0) is 13.4. The van der Waals surface area contributed by atoms with Gasteiger partial charge in [0.2, 0.25) is 0 Å². The summed E-state index contributed by atoms with van der Waals surface area (Å²) >= 11 is 0. The number of nitrogens with one attached hydrogen (secondary N) is 2. The van der Waals surface area contributed by atoms with Crippen LogP contribution in [0.3, 0.4) is 0 Å². The minimum atomic E-state index is 0. The summed E-state index contributed by atoms with van der Waals surface area (Å²) in [5.41, 5.74) is 0. The van der Waals surface area contributed by atoms with Gasteiger partial charge < -0.3 is 15.5 Å². The van der Waals surface area contributed by atoms with Crippen LogP contribution in [0.5, 0.6) is 0 Å². The van der Waals surface area contributed by atoms with Gasteiger partial charge in [-0.1, -0.05) is 13.8 Å². The maximum atomic E-state index is 4.14. The predicted octanol–water partition coefficient (Wildman–Crippen LogP) is 2.16. The van der Waals surface area contributed by atoms with Gasteiger partial charge in [0.25, 0.3) is 0 Å². The molecule has 0 amide bonds. The lowest BCUT2D eigenvalue weighted by molar-refractivity contribution is 0.177. The number of likely N-dealkylation sites (tertiary alicyclic amines) is 1. The molecule has 4 nitrogen and oxygen atoms in total. The van der Waals surface area contributed by atoms with Crippen molar-refractivity contribution in [3.63, 3.8) is 0 Å². The zero-order valence-electron chi connectivity index (χ0n) is 12.9. The van der Waals surface area contributed by atoms with Gasteiger partial charge in [-0.2, -0.15) is 0 Å². The Morgan fingerprint density at radius 3 is 2.42 bits per heavy atom. The summed E-state index contributed by atoms with van der Waals surface area (Å²) in [5, 5.41) is 6.44. The lowest BCUT2D eigenvalue weighted by Gasteiger charge is -2.32. The molecule has 1 aliphatic heterocycles. The van der Waals surface area contributed by atoms with E-state index in [1.54, 1.807) is 0 Å². The van der Waals surface area contributed by atoms with Crippen molar-refractivity contribution >= 4 is 29.9 Å². The largest absolute Gasteiger partial charge is 0.359 e. The van der Waals surface area contributed by atoms with Crippen LogP contribution in [-0.4, -0.2) is 51.1 Å². The molecular weight excluding hydrogens is 351 g/mol. The minimum absolute atomic E-state index is 0. The van der Waals surface area contributed by atoms with E-state index in [2.05, 4.69) is 34.4 Å². The van der Waals surface area contributed by atoms with Crippen molar-refractivity contribution in [2.75, 3.05) is 40.3 Å². The molecule has 5 heteroatoms. The molecular formula is C14H31IN4. The molecule has 1 rings (SSSR count). The fourth-order valence-corrected chi connectivity index (χ4v) is 2.38. The third kappa shape index (κ3) is 7.97. The first-order valence-corrected chi connectivity index (χ1v) is 7.26. The van der Waals surface area contributed by atoms with E-state index in [0.717, 1.165) is 24.3 Å². The highest BCUT2D eigenvalue weighted by Gasteiger charge is 2.19. The van der Waals surface area contributed by atoms with Crippen molar-refractivity contribution in [1.82, 2.24) is 15.5 Å². The van der Waals surface area contributed by atoms with Crippen LogP contribution in [0.15, 0.2) is 4.99 Å². The van der Waals surface area contributed by atoms with Gasteiger partial charge in [0.15, 0.2) is 5.96 Å². The quantitative estimate of drug-likeness (QED) is 0.435. The van der Waals surface area contributed by atoms with E-state index in [-0.39, 0.29) is 24.0 Å². The van der Waals surface area contributed by atoms with Crippen molar-refractivity contribution in [2.24, 2.45) is 16.8 Å². The molecule has 0 atom stereocenters. The Morgan fingerprint density at radius 2 is 1.95 bits per heavy atom. The van der Waals surface area contributed by atoms with Crippen LogP contribution in [0.25, 0.3) is 0 Å². The van der Waals surface area contributed by atoms with Gasteiger partial charge in [0.05, 0.1) is 0 Å². The zero-order valence-corrected chi connectivity index (χ0v) is 15.2. The van der Waals surface area contributed by atoms with Crippen molar-refractivity contribution < 1.29 is 0 Å². The highest BCUT2D eigenvalue weighted by molar-refractivity contribution is 14.0. The third-order valence-corrected chi connectivity index (χ3v) is 3.75. The molecule has 19 heavy (non-hydrogen) atoms. The minimum Gasteiger partial charge on any atom is -0.359 e. The molecule has 0 saturated carbocycles. The summed E-state index contributed by atoms with van der Waals surface area (Å²) in [4.78, 5) is 6.75. The summed E-state index contributed by atoms with van der Waals surface area (Å²) in [6.07, 6.45) is 3.95. The van der Waals surface area contributed by atoms with Gasteiger partial charge in [-0.15, -0.1) is 24.0 Å². The van der Waals surface area contributed by atoms with Crippen LogP contribution in [-0.2, 0) is 0 Å². The molecule has 0 unspecified atom stereocenters. The molecule has 114 valence electrons. The van der Waals surface area contributed by atoms with Crippen LogP contribution < -0.4 is 10.6 Å². The van der Waals surface area contributed by atoms with Gasteiger partial charge in [-0.25, -0.2) is 0 Å². The highest BCUT2D eigenvalue weighted by atomic mass is 127. The Hall–Kier alpha value is -0.0400. The van der Waals surface area contributed by atoms with Gasteiger partial charge in [0, 0.05) is 20.6 Å². The lowest BCUT2D eigenvalue weighted by atomic mass is 9.96. The van der Waals surface area contributed by atoms with E-state index < -0.39 is 0 Å². The van der Waals surface area contributed by atoms with Crippen LogP contribution in [0.1, 0.15) is 33.1 Å². The standard InChI is InChI=1S/C14H30N4.HI/c1-12(2)5-8-18-9-6-13(7-10-18)11-17-14(15-3)16-4;/h12-13H,5-11H2,1-4H3,(H2,15,16,17);1H. The van der Waals surface area contributed by atoms with E-state index in [1.807, 2.05) is 14.1 Å². The summed E-state index contributed by atoms with van der Waals surface area (Å²) in [6.45, 7) is 9.45. The maximum absolute atomic E-state index is 4.14. The Balaban J connectivity index is 0.00000324. The topological polar surface area (TPSA) is 39.7 Å². The molecule has 1 heterocycles. The Morgan fingerprint density at radius 1 is 1.32 bits per heavy atom. The van der Waals surface area contributed by atoms with Crippen LogP contribution in [0.4, 0.5) is 0 Å². The van der Waals surface area contributed by atoms with Gasteiger partial charge in [-0.3, -0.25) is 4.99 Å². The van der Waals surface area contributed by atoms with E-state index in [1.165, 1.54) is 38.9 Å². The predicted molar refractivity (Wildman–Crippen MR) is 94.5 cm³/mol. The fourth-order valence-electron chi connectivity index (χ4n) is 2.38. The van der Waals surface area contributed by atoms with Crippen molar-refractivity contribution in [2.45, 2.75) is 33.1 Å². The second kappa shape index (κ2) is 10.7. The number of rotatable bonds is 5. The first-order chi connectivity index (χ1) is 8.65. The number of hydrogen-bond acceptors (Lipinski definition) is 2. The number of aliphatic imine (C=N–C) groups is 1. The van der Waals surface area contributed by atoms with Gasteiger partial charge in [0.1, 0.15) is 0 Å². The smallest absolute Gasteiger partial charge is 0.190 e. The van der Waals surface area contributed by atoms with Gasteiger partial charge >= 0.3 is 0 Å². The first kappa shape index (κ1) is 19.0. The maximum Gasteiger partial charge on any atom is 0.190 e. The molecule has 0 radical (unpaired) electrons. The molecule has 1 aliphatic rings. The van der Waals surface area contributed by atoms with Crippen LogP contribution in [0.2, 0.25) is 0 Å². The molecule has 0 aromatic rings. The fraction of sp³-hybridized carbons (Fsp3) is 0.929. The second-order valence-electron chi connectivity index (χ2n) is 5.67. The molecule has 1 fully saturated rings. The lowest BCUT2D eigenvalue weighted by Crippen LogP contribution is -2.42. The average molecular weight is 382 g/mol. The summed E-state index contributed by atoms with van der Waals surface area (Å²) in [5.74, 6) is 2.52. The summed E-state index contributed by atoms with van der Waals surface area (Å²) < 4.78 is 0. The van der Waals surface area contributed by atoms with E-state index in [4.69, 9.17) is 0 Å². The van der Waals surface area contributed by atoms with E-state index in [0.29, 0.717) is 0 Å².